The standard InChI is InChI=1S/C17H15Cl2NO3/c18-12-2-1-10(15(19)6-12)8-22-13-3-4-14-11(5-17(20)21)9-23-16(14)7-13/h1-4,6-7,11H,5,8-9H2,(H2,20,21)/t11-/m1/s1. The molecule has 2 aromatic rings. The Morgan fingerprint density at radius 3 is 2.83 bits per heavy atom. The van der Waals surface area contributed by atoms with Crippen LogP contribution in [0, 0.1) is 0 Å². The highest BCUT2D eigenvalue weighted by Gasteiger charge is 2.26. The first-order valence-corrected chi connectivity index (χ1v) is 7.90. The first-order chi connectivity index (χ1) is 11.0. The van der Waals surface area contributed by atoms with Crippen molar-refractivity contribution in [2.24, 2.45) is 5.73 Å². The molecule has 0 spiro atoms. The lowest BCUT2D eigenvalue weighted by molar-refractivity contribution is -0.118. The summed E-state index contributed by atoms with van der Waals surface area (Å²) in [6.07, 6.45) is 0.285. The molecule has 2 N–H and O–H groups in total. The predicted molar refractivity (Wildman–Crippen MR) is 89.3 cm³/mol. The molecule has 4 nitrogen and oxygen atoms in total. The van der Waals surface area contributed by atoms with Crippen molar-refractivity contribution in [3.63, 3.8) is 0 Å². The van der Waals surface area contributed by atoms with Crippen LogP contribution in [0.1, 0.15) is 23.5 Å². The van der Waals surface area contributed by atoms with Crippen molar-refractivity contribution in [1.29, 1.82) is 0 Å². The normalized spacial score (nSPS) is 15.8. The fourth-order valence-electron chi connectivity index (χ4n) is 2.56. The van der Waals surface area contributed by atoms with Gasteiger partial charge in [0, 0.05) is 39.6 Å². The minimum Gasteiger partial charge on any atom is -0.492 e. The summed E-state index contributed by atoms with van der Waals surface area (Å²) in [5.41, 5.74) is 7.09. The van der Waals surface area contributed by atoms with Crippen molar-refractivity contribution in [2.45, 2.75) is 18.9 Å². The molecule has 1 atom stereocenters. The third kappa shape index (κ3) is 3.71. The number of hydrogen-bond acceptors (Lipinski definition) is 3. The maximum absolute atomic E-state index is 11.1. The number of benzene rings is 2. The van der Waals surface area contributed by atoms with E-state index in [1.165, 1.54) is 0 Å². The van der Waals surface area contributed by atoms with Gasteiger partial charge in [-0.2, -0.15) is 0 Å². The average molecular weight is 352 g/mol. The lowest BCUT2D eigenvalue weighted by Gasteiger charge is -2.10. The summed E-state index contributed by atoms with van der Waals surface area (Å²) in [5, 5.41) is 1.15. The predicted octanol–water partition coefficient (Wildman–Crippen LogP) is 3.92. The van der Waals surface area contributed by atoms with Gasteiger partial charge in [0.15, 0.2) is 0 Å². The third-order valence-corrected chi connectivity index (χ3v) is 4.31. The van der Waals surface area contributed by atoms with Gasteiger partial charge in [0.1, 0.15) is 18.1 Å². The molecule has 0 radical (unpaired) electrons. The SMILES string of the molecule is NC(=O)C[C@@H]1COc2cc(OCc3ccc(Cl)cc3Cl)ccc21. The number of carbonyl (C=O) groups excluding carboxylic acids is 1. The van der Waals surface area contributed by atoms with Crippen LogP contribution in [0.4, 0.5) is 0 Å². The first-order valence-electron chi connectivity index (χ1n) is 7.14. The van der Waals surface area contributed by atoms with Crippen LogP contribution in [0.25, 0.3) is 0 Å². The summed E-state index contributed by atoms with van der Waals surface area (Å²) in [7, 11) is 0. The van der Waals surface area contributed by atoms with Crippen molar-refractivity contribution in [2.75, 3.05) is 6.61 Å². The second kappa shape index (κ2) is 6.69. The van der Waals surface area contributed by atoms with Crippen LogP contribution in [0.2, 0.25) is 10.0 Å². The summed E-state index contributed by atoms with van der Waals surface area (Å²) >= 11 is 12.0. The van der Waals surface area contributed by atoms with Gasteiger partial charge in [-0.05, 0) is 18.2 Å². The number of rotatable bonds is 5. The molecule has 0 saturated carbocycles. The maximum atomic E-state index is 11.1. The van der Waals surface area contributed by atoms with Crippen LogP contribution in [-0.2, 0) is 11.4 Å². The van der Waals surface area contributed by atoms with Crippen molar-refractivity contribution in [3.8, 4) is 11.5 Å². The molecule has 3 rings (SSSR count). The van der Waals surface area contributed by atoms with E-state index in [1.807, 2.05) is 24.3 Å². The Labute approximate surface area is 144 Å². The Morgan fingerprint density at radius 2 is 2.09 bits per heavy atom. The van der Waals surface area contributed by atoms with Crippen molar-refractivity contribution < 1.29 is 14.3 Å². The van der Waals surface area contributed by atoms with Crippen LogP contribution in [0.5, 0.6) is 11.5 Å². The van der Waals surface area contributed by atoms with E-state index >= 15 is 0 Å². The van der Waals surface area contributed by atoms with Gasteiger partial charge in [-0.1, -0.05) is 35.3 Å². The quantitative estimate of drug-likeness (QED) is 0.887. The minimum atomic E-state index is -0.329. The molecule has 1 amide bonds. The molecule has 1 heterocycles. The molecule has 0 aliphatic carbocycles. The van der Waals surface area contributed by atoms with Crippen molar-refractivity contribution in [3.05, 3.63) is 57.6 Å². The second-order valence-electron chi connectivity index (χ2n) is 5.40. The number of nitrogens with two attached hydrogens (primary N) is 1. The van der Waals surface area contributed by atoms with Crippen LogP contribution in [0.3, 0.4) is 0 Å². The van der Waals surface area contributed by atoms with E-state index in [9.17, 15) is 4.79 Å². The van der Waals surface area contributed by atoms with Gasteiger partial charge in [-0.25, -0.2) is 0 Å². The van der Waals surface area contributed by atoms with E-state index in [2.05, 4.69) is 0 Å². The zero-order valence-corrected chi connectivity index (χ0v) is 13.7. The zero-order valence-electron chi connectivity index (χ0n) is 12.2. The minimum absolute atomic E-state index is 0.0160. The molecule has 6 heteroatoms. The number of halogens is 2. The molecule has 120 valence electrons. The molecule has 2 aromatic carbocycles. The summed E-state index contributed by atoms with van der Waals surface area (Å²) in [5.74, 6) is 1.09. The van der Waals surface area contributed by atoms with Crippen LogP contribution in [-0.4, -0.2) is 12.5 Å². The second-order valence-corrected chi connectivity index (χ2v) is 6.25. The number of fused-ring (bicyclic) bond motifs is 1. The Balaban J connectivity index is 1.69. The number of carbonyl (C=O) groups is 1. The van der Waals surface area contributed by atoms with Crippen LogP contribution in [0.15, 0.2) is 36.4 Å². The molecule has 0 unspecified atom stereocenters. The lowest BCUT2D eigenvalue weighted by atomic mass is 9.97. The van der Waals surface area contributed by atoms with E-state index in [0.717, 1.165) is 16.9 Å². The topological polar surface area (TPSA) is 61.6 Å². The number of amides is 1. The summed E-state index contributed by atoms with van der Waals surface area (Å²) in [4.78, 5) is 11.1. The Morgan fingerprint density at radius 1 is 1.26 bits per heavy atom. The molecule has 0 fully saturated rings. The van der Waals surface area contributed by atoms with E-state index in [4.69, 9.17) is 38.4 Å². The third-order valence-electron chi connectivity index (χ3n) is 3.72. The summed E-state index contributed by atoms with van der Waals surface area (Å²) in [6, 6.07) is 10.9. The summed E-state index contributed by atoms with van der Waals surface area (Å²) < 4.78 is 11.4. The molecule has 1 aliphatic heterocycles. The molecule has 23 heavy (non-hydrogen) atoms. The number of hydrogen-bond donors (Lipinski definition) is 1. The van der Waals surface area contributed by atoms with Gasteiger partial charge < -0.3 is 15.2 Å². The van der Waals surface area contributed by atoms with E-state index < -0.39 is 0 Å². The van der Waals surface area contributed by atoms with Gasteiger partial charge >= 0.3 is 0 Å². The van der Waals surface area contributed by atoms with E-state index in [0.29, 0.717) is 29.0 Å². The largest absolute Gasteiger partial charge is 0.492 e. The Hall–Kier alpha value is -1.91. The monoisotopic (exact) mass is 351 g/mol. The molecule has 1 aliphatic rings. The molecular formula is C17H15Cl2NO3. The van der Waals surface area contributed by atoms with Crippen LogP contribution < -0.4 is 15.2 Å². The highest BCUT2D eigenvalue weighted by atomic mass is 35.5. The highest BCUT2D eigenvalue weighted by molar-refractivity contribution is 6.35. The molecule has 0 saturated heterocycles. The van der Waals surface area contributed by atoms with Gasteiger partial charge in [0.2, 0.25) is 5.91 Å². The fraction of sp³-hybridized carbons (Fsp3) is 0.235. The van der Waals surface area contributed by atoms with Gasteiger partial charge in [-0.15, -0.1) is 0 Å². The lowest BCUT2D eigenvalue weighted by Crippen LogP contribution is -2.16. The highest BCUT2D eigenvalue weighted by Crippen LogP contribution is 2.38. The Bertz CT molecular complexity index is 749. The fourth-order valence-corrected chi connectivity index (χ4v) is 3.02. The number of primary amides is 1. The van der Waals surface area contributed by atoms with Crippen molar-refractivity contribution in [1.82, 2.24) is 0 Å². The van der Waals surface area contributed by atoms with Gasteiger partial charge in [0.25, 0.3) is 0 Å². The van der Waals surface area contributed by atoms with Gasteiger partial charge in [-0.3, -0.25) is 4.79 Å². The Kier molecular flexibility index (Phi) is 4.64. The first kappa shape index (κ1) is 16.0. The number of ether oxygens (including phenoxy) is 2. The zero-order chi connectivity index (χ0) is 16.4. The maximum Gasteiger partial charge on any atom is 0.218 e. The van der Waals surface area contributed by atoms with E-state index in [-0.39, 0.29) is 18.2 Å². The summed E-state index contributed by atoms with van der Waals surface area (Å²) in [6.45, 7) is 0.796. The van der Waals surface area contributed by atoms with Crippen molar-refractivity contribution >= 4 is 29.1 Å². The van der Waals surface area contributed by atoms with E-state index in [1.54, 1.807) is 12.1 Å². The average Bonchev–Trinajstić information content (AvgIpc) is 2.88. The van der Waals surface area contributed by atoms with Gasteiger partial charge in [0.05, 0.1) is 6.61 Å². The van der Waals surface area contributed by atoms with Crippen LogP contribution >= 0.6 is 23.2 Å². The molecular weight excluding hydrogens is 337 g/mol. The smallest absolute Gasteiger partial charge is 0.218 e. The molecule has 0 aromatic heterocycles. The molecule has 0 bridgehead atoms.